The van der Waals surface area contributed by atoms with Crippen LogP contribution in [0.3, 0.4) is 0 Å². The highest BCUT2D eigenvalue weighted by Gasteiger charge is 2.23. The zero-order valence-electron chi connectivity index (χ0n) is 18.6. The fourth-order valence-corrected chi connectivity index (χ4v) is 2.85. The van der Waals surface area contributed by atoms with Crippen molar-refractivity contribution >= 4 is 5.97 Å². The summed E-state index contributed by atoms with van der Waals surface area (Å²) in [6.45, 7) is 7.36. The number of ether oxygens (including phenoxy) is 5. The van der Waals surface area contributed by atoms with E-state index in [4.69, 9.17) is 23.7 Å². The lowest BCUT2D eigenvalue weighted by Gasteiger charge is -2.19. The van der Waals surface area contributed by atoms with Gasteiger partial charge >= 0.3 is 5.97 Å². The van der Waals surface area contributed by atoms with Gasteiger partial charge in [0, 0.05) is 18.9 Å². The second-order valence-electron chi connectivity index (χ2n) is 6.69. The van der Waals surface area contributed by atoms with E-state index < -0.39 is 12.1 Å². The largest absolute Gasteiger partial charge is 0.497 e. The predicted molar refractivity (Wildman–Crippen MR) is 116 cm³/mol. The molecule has 0 saturated carbocycles. The minimum atomic E-state index is -0.862. The van der Waals surface area contributed by atoms with Crippen molar-refractivity contribution in [3.63, 3.8) is 0 Å². The van der Waals surface area contributed by atoms with E-state index >= 15 is 0 Å². The van der Waals surface area contributed by atoms with Crippen molar-refractivity contribution in [2.75, 3.05) is 33.5 Å². The molecule has 0 aliphatic carbocycles. The SMILES string of the molecule is CCOCCOC(=O)C(CC)Oc1c(C)n(CCOc2ccc(OC)cc2)ccc1=O. The minimum Gasteiger partial charge on any atom is -0.497 e. The number of esters is 1. The zero-order valence-corrected chi connectivity index (χ0v) is 18.6. The fraction of sp³-hybridized carbons (Fsp3) is 0.478. The summed E-state index contributed by atoms with van der Waals surface area (Å²) in [6.07, 6.45) is 1.20. The molecule has 0 saturated heterocycles. The van der Waals surface area contributed by atoms with Gasteiger partial charge in [-0.3, -0.25) is 4.79 Å². The van der Waals surface area contributed by atoms with Gasteiger partial charge in [-0.2, -0.15) is 0 Å². The number of carbonyl (C=O) groups excluding carboxylic acids is 1. The van der Waals surface area contributed by atoms with E-state index in [1.165, 1.54) is 6.07 Å². The lowest BCUT2D eigenvalue weighted by Crippen LogP contribution is -2.32. The van der Waals surface area contributed by atoms with E-state index in [9.17, 15) is 9.59 Å². The number of aromatic nitrogens is 1. The van der Waals surface area contributed by atoms with E-state index in [1.807, 2.05) is 35.8 Å². The number of nitrogens with zero attached hydrogens (tertiary/aromatic N) is 1. The van der Waals surface area contributed by atoms with Gasteiger partial charge in [-0.1, -0.05) is 6.92 Å². The Balaban J connectivity index is 1.99. The van der Waals surface area contributed by atoms with E-state index in [0.29, 0.717) is 38.5 Å². The Morgan fingerprint density at radius 1 is 1.03 bits per heavy atom. The van der Waals surface area contributed by atoms with Crippen molar-refractivity contribution in [2.24, 2.45) is 0 Å². The smallest absolute Gasteiger partial charge is 0.347 e. The van der Waals surface area contributed by atoms with Gasteiger partial charge in [-0.05, 0) is 44.5 Å². The first-order valence-electron chi connectivity index (χ1n) is 10.4. The Kier molecular flexibility index (Phi) is 9.90. The number of hydrogen-bond acceptors (Lipinski definition) is 7. The maximum atomic E-state index is 12.4. The molecule has 1 aromatic heterocycles. The highest BCUT2D eigenvalue weighted by atomic mass is 16.6. The third kappa shape index (κ3) is 7.32. The van der Waals surface area contributed by atoms with Crippen LogP contribution in [0.4, 0.5) is 0 Å². The van der Waals surface area contributed by atoms with Crippen molar-refractivity contribution in [2.45, 2.75) is 39.8 Å². The van der Waals surface area contributed by atoms with Gasteiger partial charge in [0.15, 0.2) is 11.9 Å². The van der Waals surface area contributed by atoms with Gasteiger partial charge < -0.3 is 28.3 Å². The van der Waals surface area contributed by atoms with Crippen LogP contribution < -0.4 is 19.6 Å². The molecule has 1 atom stereocenters. The quantitative estimate of drug-likeness (QED) is 0.355. The third-order valence-corrected chi connectivity index (χ3v) is 4.62. The molecule has 0 fully saturated rings. The maximum absolute atomic E-state index is 12.4. The second-order valence-corrected chi connectivity index (χ2v) is 6.69. The van der Waals surface area contributed by atoms with E-state index in [2.05, 4.69) is 0 Å². The summed E-state index contributed by atoms with van der Waals surface area (Å²) in [5, 5.41) is 0. The number of benzene rings is 1. The number of carbonyl (C=O) groups is 1. The molecule has 1 heterocycles. The minimum absolute atomic E-state index is 0.139. The molecule has 0 spiro atoms. The Morgan fingerprint density at radius 3 is 2.39 bits per heavy atom. The van der Waals surface area contributed by atoms with E-state index in [0.717, 1.165) is 11.5 Å². The standard InChI is InChI=1S/C23H31NO7/c1-5-21(23(26)30-16-15-28-6-2)31-22-17(3)24(12-11-20(22)25)13-14-29-19-9-7-18(27-4)8-10-19/h7-12,21H,5-6,13-16H2,1-4H3. The molecule has 31 heavy (non-hydrogen) atoms. The van der Waals surface area contributed by atoms with Crippen molar-refractivity contribution in [1.82, 2.24) is 4.57 Å². The molecule has 0 aliphatic rings. The van der Waals surface area contributed by atoms with Crippen LogP contribution >= 0.6 is 0 Å². The lowest BCUT2D eigenvalue weighted by atomic mass is 10.2. The summed E-state index contributed by atoms with van der Waals surface area (Å²) >= 11 is 0. The van der Waals surface area contributed by atoms with E-state index in [-0.39, 0.29) is 17.8 Å². The van der Waals surface area contributed by atoms with Crippen molar-refractivity contribution in [3.8, 4) is 17.2 Å². The van der Waals surface area contributed by atoms with Crippen LogP contribution in [0.25, 0.3) is 0 Å². The molecule has 0 amide bonds. The molecule has 170 valence electrons. The normalized spacial score (nSPS) is 11.6. The monoisotopic (exact) mass is 433 g/mol. The van der Waals surface area contributed by atoms with Gasteiger partial charge in [0.1, 0.15) is 24.7 Å². The van der Waals surface area contributed by atoms with Crippen LogP contribution in [0.1, 0.15) is 26.0 Å². The number of methoxy groups -OCH3 is 1. The van der Waals surface area contributed by atoms with Crippen molar-refractivity contribution in [1.29, 1.82) is 0 Å². The molecule has 2 aromatic rings. The molecule has 8 nitrogen and oxygen atoms in total. The highest BCUT2D eigenvalue weighted by Crippen LogP contribution is 2.18. The Hall–Kier alpha value is -3.00. The Morgan fingerprint density at radius 2 is 1.74 bits per heavy atom. The average molecular weight is 434 g/mol. The summed E-state index contributed by atoms with van der Waals surface area (Å²) in [4.78, 5) is 24.7. The fourth-order valence-electron chi connectivity index (χ4n) is 2.85. The van der Waals surface area contributed by atoms with Gasteiger partial charge in [-0.15, -0.1) is 0 Å². The molecule has 0 N–H and O–H groups in total. The summed E-state index contributed by atoms with van der Waals surface area (Å²) < 4.78 is 28.9. The number of hydrogen-bond donors (Lipinski definition) is 0. The van der Waals surface area contributed by atoms with Crippen molar-refractivity contribution < 1.29 is 28.5 Å². The molecule has 0 bridgehead atoms. The van der Waals surface area contributed by atoms with E-state index in [1.54, 1.807) is 27.2 Å². The van der Waals surface area contributed by atoms with Crippen LogP contribution in [0, 0.1) is 6.92 Å². The predicted octanol–water partition coefficient (Wildman–Crippen LogP) is 2.98. The maximum Gasteiger partial charge on any atom is 0.347 e. The zero-order chi connectivity index (χ0) is 22.6. The number of pyridine rings is 1. The molecule has 1 aromatic carbocycles. The van der Waals surface area contributed by atoms with Gasteiger partial charge in [0.25, 0.3) is 0 Å². The van der Waals surface area contributed by atoms with Crippen LogP contribution in [0.2, 0.25) is 0 Å². The molecule has 0 radical (unpaired) electrons. The van der Waals surface area contributed by atoms with Crippen LogP contribution in [0.15, 0.2) is 41.3 Å². The summed E-state index contributed by atoms with van der Waals surface area (Å²) in [7, 11) is 1.61. The van der Waals surface area contributed by atoms with Crippen LogP contribution in [0.5, 0.6) is 17.2 Å². The Labute approximate surface area is 182 Å². The summed E-state index contributed by atoms with van der Waals surface area (Å²) in [5.74, 6) is 1.10. The van der Waals surface area contributed by atoms with Gasteiger partial charge in [0.05, 0.1) is 26.0 Å². The molecule has 0 aliphatic heterocycles. The van der Waals surface area contributed by atoms with Crippen LogP contribution in [-0.2, 0) is 20.8 Å². The topological polar surface area (TPSA) is 85.2 Å². The molecule has 1 unspecified atom stereocenters. The molecular formula is C23H31NO7. The summed E-state index contributed by atoms with van der Waals surface area (Å²) in [6, 6.07) is 8.72. The molecule has 2 rings (SSSR count). The average Bonchev–Trinajstić information content (AvgIpc) is 2.78. The first-order chi connectivity index (χ1) is 15.0. The molecular weight excluding hydrogens is 402 g/mol. The second kappa shape index (κ2) is 12.6. The van der Waals surface area contributed by atoms with Gasteiger partial charge in [0.2, 0.25) is 5.43 Å². The van der Waals surface area contributed by atoms with Crippen molar-refractivity contribution in [3.05, 3.63) is 52.4 Å². The first-order valence-corrected chi connectivity index (χ1v) is 10.4. The first kappa shape index (κ1) is 24.3. The Bertz CT molecular complexity index is 876. The highest BCUT2D eigenvalue weighted by molar-refractivity contribution is 5.75. The summed E-state index contributed by atoms with van der Waals surface area (Å²) in [5.41, 5.74) is 0.330. The molecule has 8 heteroatoms. The number of rotatable bonds is 13. The lowest BCUT2D eigenvalue weighted by molar-refractivity contribution is -0.153. The van der Waals surface area contributed by atoms with Gasteiger partial charge in [-0.25, -0.2) is 4.79 Å². The van der Waals surface area contributed by atoms with Crippen LogP contribution in [-0.4, -0.2) is 50.2 Å². The third-order valence-electron chi connectivity index (χ3n) is 4.62.